The minimum Gasteiger partial charge on any atom is -0.468 e. The number of carbonyl (C=O) groups excluding carboxylic acids is 1. The number of esters is 1. The van der Waals surface area contributed by atoms with Gasteiger partial charge in [-0.3, -0.25) is 4.79 Å². The molecular weight excluding hydrogens is 332 g/mol. The molecule has 2 aromatic rings. The van der Waals surface area contributed by atoms with Crippen LogP contribution in [0.2, 0.25) is 0 Å². The molecule has 0 aromatic heterocycles. The molecule has 0 heterocycles. The molecule has 0 aliphatic rings. The number of benzene rings is 2. The monoisotopic (exact) mass is 358 g/mol. The van der Waals surface area contributed by atoms with Crippen molar-refractivity contribution >= 4 is 29.1 Å². The van der Waals surface area contributed by atoms with Crippen molar-refractivity contribution in [2.75, 3.05) is 50.9 Å². The molecule has 2 rings (SSSR count). The molecule has 134 valence electrons. The molecule has 0 bridgehead atoms. The highest BCUT2D eigenvalue weighted by atomic mass is 32.2. The normalized spacial score (nSPS) is 10.6. The Labute approximate surface area is 154 Å². The molecule has 0 radical (unpaired) electrons. The lowest BCUT2D eigenvalue weighted by atomic mass is 10.0. The summed E-state index contributed by atoms with van der Waals surface area (Å²) in [6.45, 7) is 0. The van der Waals surface area contributed by atoms with Gasteiger partial charge in [-0.05, 0) is 35.4 Å². The molecule has 0 aliphatic heterocycles. The van der Waals surface area contributed by atoms with Crippen LogP contribution in [0.3, 0.4) is 0 Å². The highest BCUT2D eigenvalue weighted by molar-refractivity contribution is 8.00. The van der Waals surface area contributed by atoms with Gasteiger partial charge in [0.1, 0.15) is 0 Å². The molecule has 0 atom stereocenters. The van der Waals surface area contributed by atoms with E-state index in [9.17, 15) is 4.79 Å². The van der Waals surface area contributed by atoms with E-state index < -0.39 is 0 Å². The van der Waals surface area contributed by atoms with E-state index in [1.54, 1.807) is 11.8 Å². The van der Waals surface area contributed by atoms with Gasteiger partial charge in [0.2, 0.25) is 0 Å². The van der Waals surface area contributed by atoms with Crippen LogP contribution < -0.4 is 9.80 Å². The van der Waals surface area contributed by atoms with Gasteiger partial charge in [-0.25, -0.2) is 0 Å². The highest BCUT2D eigenvalue weighted by Crippen LogP contribution is 2.37. The molecule has 4 nitrogen and oxygen atoms in total. The van der Waals surface area contributed by atoms with Gasteiger partial charge >= 0.3 is 5.97 Å². The van der Waals surface area contributed by atoms with Crippen molar-refractivity contribution in [3.05, 3.63) is 59.7 Å². The topological polar surface area (TPSA) is 32.8 Å². The quantitative estimate of drug-likeness (QED) is 0.703. The lowest BCUT2D eigenvalue weighted by Gasteiger charge is -2.20. The molecule has 0 spiro atoms. The minimum atomic E-state index is -0.204. The SMILES string of the molecule is COC(=O)CSC(c1ccc(N(C)C)cc1)c1ccc(N(C)C)cc1. The second-order valence-electron chi connectivity index (χ2n) is 6.24. The number of carbonyl (C=O) groups is 1. The van der Waals surface area contributed by atoms with E-state index in [1.165, 1.54) is 18.2 Å². The number of hydrogen-bond acceptors (Lipinski definition) is 5. The number of rotatable bonds is 7. The number of ether oxygens (including phenoxy) is 1. The van der Waals surface area contributed by atoms with Gasteiger partial charge in [-0.15, -0.1) is 11.8 Å². The van der Waals surface area contributed by atoms with Gasteiger partial charge in [-0.2, -0.15) is 0 Å². The summed E-state index contributed by atoms with van der Waals surface area (Å²) in [4.78, 5) is 15.8. The second kappa shape index (κ2) is 8.81. The van der Waals surface area contributed by atoms with Crippen LogP contribution in [0.5, 0.6) is 0 Å². The summed E-state index contributed by atoms with van der Waals surface area (Å²) in [5, 5.41) is 0.0894. The van der Waals surface area contributed by atoms with Crippen molar-refractivity contribution in [3.8, 4) is 0 Å². The predicted molar refractivity (Wildman–Crippen MR) is 108 cm³/mol. The fraction of sp³-hybridized carbons (Fsp3) is 0.350. The Balaban J connectivity index is 2.29. The first kappa shape index (κ1) is 19.2. The summed E-state index contributed by atoms with van der Waals surface area (Å²) in [6.07, 6.45) is 0. The van der Waals surface area contributed by atoms with E-state index in [4.69, 9.17) is 4.74 Å². The predicted octanol–water partition coefficient (Wildman–Crippen LogP) is 3.81. The third-order valence-electron chi connectivity index (χ3n) is 4.02. The standard InChI is InChI=1S/C20H26N2O2S/c1-21(2)17-10-6-15(7-11-17)20(25-14-19(23)24-5)16-8-12-18(13-9-16)22(3)4/h6-13,20H,14H2,1-5H3. The number of thioether (sulfide) groups is 1. The van der Waals surface area contributed by atoms with Crippen LogP contribution in [0.4, 0.5) is 11.4 Å². The van der Waals surface area contributed by atoms with Gasteiger partial charge < -0.3 is 14.5 Å². The van der Waals surface area contributed by atoms with E-state index >= 15 is 0 Å². The summed E-state index contributed by atoms with van der Waals surface area (Å²) >= 11 is 1.59. The number of anilines is 2. The number of methoxy groups -OCH3 is 1. The molecule has 0 saturated carbocycles. The maximum atomic E-state index is 11.6. The Bertz CT molecular complexity index is 630. The molecule has 0 fully saturated rings. The Morgan fingerprint density at radius 3 is 1.60 bits per heavy atom. The van der Waals surface area contributed by atoms with Crippen LogP contribution in [-0.2, 0) is 9.53 Å². The Kier molecular flexibility index (Phi) is 6.76. The molecule has 0 amide bonds. The van der Waals surface area contributed by atoms with Gasteiger partial charge in [0, 0.05) is 39.6 Å². The summed E-state index contributed by atoms with van der Waals surface area (Å²) in [5.74, 6) is 0.122. The highest BCUT2D eigenvalue weighted by Gasteiger charge is 2.17. The lowest BCUT2D eigenvalue weighted by molar-refractivity contribution is -0.137. The van der Waals surface area contributed by atoms with Crippen molar-refractivity contribution in [3.63, 3.8) is 0 Å². The Hall–Kier alpha value is -2.14. The molecular formula is C20H26N2O2S. The van der Waals surface area contributed by atoms with Crippen LogP contribution in [0.1, 0.15) is 16.4 Å². The summed E-state index contributed by atoms with van der Waals surface area (Å²) in [7, 11) is 9.53. The first-order valence-corrected chi connectivity index (χ1v) is 9.20. The van der Waals surface area contributed by atoms with Crippen molar-refractivity contribution in [2.45, 2.75) is 5.25 Å². The van der Waals surface area contributed by atoms with Crippen LogP contribution in [-0.4, -0.2) is 47.0 Å². The molecule has 0 saturated heterocycles. The van der Waals surface area contributed by atoms with Crippen LogP contribution in [0.25, 0.3) is 0 Å². The van der Waals surface area contributed by atoms with Gasteiger partial charge in [-0.1, -0.05) is 24.3 Å². The van der Waals surface area contributed by atoms with E-state index in [0.717, 1.165) is 11.4 Å². The fourth-order valence-electron chi connectivity index (χ4n) is 2.49. The van der Waals surface area contributed by atoms with Gasteiger partial charge in [0.05, 0.1) is 18.1 Å². The maximum absolute atomic E-state index is 11.6. The maximum Gasteiger partial charge on any atom is 0.315 e. The van der Waals surface area contributed by atoms with E-state index in [-0.39, 0.29) is 11.2 Å². The summed E-state index contributed by atoms with van der Waals surface area (Å²) < 4.78 is 4.80. The average Bonchev–Trinajstić information content (AvgIpc) is 2.62. The Morgan fingerprint density at radius 1 is 0.880 bits per heavy atom. The molecule has 5 heteroatoms. The average molecular weight is 359 g/mol. The zero-order chi connectivity index (χ0) is 18.4. The van der Waals surface area contributed by atoms with Gasteiger partial charge in [0.15, 0.2) is 0 Å². The van der Waals surface area contributed by atoms with E-state index in [2.05, 4.69) is 58.3 Å². The van der Waals surface area contributed by atoms with E-state index in [0.29, 0.717) is 5.75 Å². The third kappa shape index (κ3) is 5.16. The van der Waals surface area contributed by atoms with Crippen molar-refractivity contribution in [1.82, 2.24) is 0 Å². The smallest absolute Gasteiger partial charge is 0.315 e. The van der Waals surface area contributed by atoms with Crippen LogP contribution in [0.15, 0.2) is 48.5 Å². The number of nitrogens with zero attached hydrogens (tertiary/aromatic N) is 2. The van der Waals surface area contributed by atoms with Crippen molar-refractivity contribution < 1.29 is 9.53 Å². The van der Waals surface area contributed by atoms with Crippen molar-refractivity contribution in [1.29, 1.82) is 0 Å². The molecule has 0 aliphatic carbocycles. The largest absolute Gasteiger partial charge is 0.468 e. The molecule has 0 N–H and O–H groups in total. The third-order valence-corrected chi connectivity index (χ3v) is 5.30. The van der Waals surface area contributed by atoms with Gasteiger partial charge in [0.25, 0.3) is 0 Å². The molecule has 2 aromatic carbocycles. The molecule has 0 unspecified atom stereocenters. The zero-order valence-electron chi connectivity index (χ0n) is 15.5. The minimum absolute atomic E-state index is 0.0894. The van der Waals surface area contributed by atoms with E-state index in [1.807, 2.05) is 28.2 Å². The summed E-state index contributed by atoms with van der Waals surface area (Å²) in [6, 6.07) is 16.9. The number of hydrogen-bond donors (Lipinski definition) is 0. The first-order valence-electron chi connectivity index (χ1n) is 8.15. The Morgan fingerprint density at radius 2 is 1.28 bits per heavy atom. The first-order chi connectivity index (χ1) is 11.9. The van der Waals surface area contributed by atoms with Crippen LogP contribution in [0, 0.1) is 0 Å². The lowest BCUT2D eigenvalue weighted by Crippen LogP contribution is -2.10. The summed E-state index contributed by atoms with van der Waals surface area (Å²) in [5.41, 5.74) is 4.67. The second-order valence-corrected chi connectivity index (χ2v) is 7.33. The van der Waals surface area contributed by atoms with Crippen molar-refractivity contribution in [2.24, 2.45) is 0 Å². The zero-order valence-corrected chi connectivity index (χ0v) is 16.3. The molecule has 25 heavy (non-hydrogen) atoms. The fourth-order valence-corrected chi connectivity index (χ4v) is 3.61. The van der Waals surface area contributed by atoms with Crippen LogP contribution >= 0.6 is 11.8 Å².